The second kappa shape index (κ2) is 6.66. The molecule has 92 valence electrons. The monoisotopic (exact) mass is 224 g/mol. The minimum absolute atomic E-state index is 0.617. The molecule has 1 aromatic rings. The molecule has 0 fully saturated rings. The largest absolute Gasteiger partial charge is 0.317 e. The van der Waals surface area contributed by atoms with Crippen LogP contribution in [0.15, 0.2) is 12.4 Å². The lowest BCUT2D eigenvalue weighted by Crippen LogP contribution is -2.24. The molecular formula is C12H24N4. The van der Waals surface area contributed by atoms with Crippen molar-refractivity contribution in [3.63, 3.8) is 0 Å². The zero-order valence-electron chi connectivity index (χ0n) is 10.9. The SMILES string of the molecule is CNC(C)CCCN(C)Cc1cnn(C)c1. The number of nitrogens with zero attached hydrogens (tertiary/aromatic N) is 3. The molecule has 1 unspecified atom stereocenters. The average Bonchev–Trinajstić information content (AvgIpc) is 2.63. The molecule has 0 radical (unpaired) electrons. The van der Waals surface area contributed by atoms with Crippen molar-refractivity contribution in [1.29, 1.82) is 0 Å². The number of aryl methyl sites for hydroxylation is 1. The highest BCUT2D eigenvalue weighted by Crippen LogP contribution is 2.03. The van der Waals surface area contributed by atoms with Gasteiger partial charge in [-0.05, 0) is 40.4 Å². The molecule has 1 aromatic heterocycles. The lowest BCUT2D eigenvalue weighted by molar-refractivity contribution is 0.312. The van der Waals surface area contributed by atoms with E-state index in [0.29, 0.717) is 6.04 Å². The van der Waals surface area contributed by atoms with Crippen LogP contribution in [0.5, 0.6) is 0 Å². The molecule has 0 spiro atoms. The van der Waals surface area contributed by atoms with Gasteiger partial charge in [0.25, 0.3) is 0 Å². The zero-order valence-corrected chi connectivity index (χ0v) is 10.9. The van der Waals surface area contributed by atoms with Gasteiger partial charge in [0.2, 0.25) is 0 Å². The highest BCUT2D eigenvalue weighted by atomic mass is 15.2. The Morgan fingerprint density at radius 2 is 2.31 bits per heavy atom. The Balaban J connectivity index is 2.18. The molecule has 4 nitrogen and oxygen atoms in total. The topological polar surface area (TPSA) is 33.1 Å². The molecule has 1 N–H and O–H groups in total. The zero-order chi connectivity index (χ0) is 12.0. The maximum absolute atomic E-state index is 4.17. The Hall–Kier alpha value is -0.870. The summed E-state index contributed by atoms with van der Waals surface area (Å²) in [6, 6.07) is 0.617. The number of aromatic nitrogens is 2. The van der Waals surface area contributed by atoms with E-state index in [1.54, 1.807) is 0 Å². The average molecular weight is 224 g/mol. The molecule has 0 aliphatic rings. The normalized spacial score (nSPS) is 13.3. The van der Waals surface area contributed by atoms with Crippen molar-refractivity contribution in [3.05, 3.63) is 18.0 Å². The summed E-state index contributed by atoms with van der Waals surface area (Å²) in [5.74, 6) is 0. The van der Waals surface area contributed by atoms with E-state index in [1.807, 2.05) is 25.0 Å². The van der Waals surface area contributed by atoms with E-state index in [1.165, 1.54) is 18.4 Å². The van der Waals surface area contributed by atoms with Gasteiger partial charge in [-0.1, -0.05) is 0 Å². The summed E-state index contributed by atoms with van der Waals surface area (Å²) in [5.41, 5.74) is 1.28. The van der Waals surface area contributed by atoms with E-state index in [-0.39, 0.29) is 0 Å². The van der Waals surface area contributed by atoms with Crippen LogP contribution in [0.1, 0.15) is 25.3 Å². The van der Waals surface area contributed by atoms with Crippen LogP contribution < -0.4 is 5.32 Å². The fourth-order valence-electron chi connectivity index (χ4n) is 1.76. The minimum Gasteiger partial charge on any atom is -0.317 e. The molecule has 0 aromatic carbocycles. The fourth-order valence-corrected chi connectivity index (χ4v) is 1.76. The lowest BCUT2D eigenvalue weighted by Gasteiger charge is -2.17. The fraction of sp³-hybridized carbons (Fsp3) is 0.750. The molecule has 16 heavy (non-hydrogen) atoms. The van der Waals surface area contributed by atoms with E-state index >= 15 is 0 Å². The number of hydrogen-bond acceptors (Lipinski definition) is 3. The van der Waals surface area contributed by atoms with Gasteiger partial charge in [0.1, 0.15) is 0 Å². The summed E-state index contributed by atoms with van der Waals surface area (Å²) in [4.78, 5) is 2.35. The Bertz CT molecular complexity index is 295. The van der Waals surface area contributed by atoms with Crippen molar-refractivity contribution in [2.45, 2.75) is 32.4 Å². The molecule has 0 saturated carbocycles. The molecule has 1 heterocycles. The highest BCUT2D eigenvalue weighted by Gasteiger charge is 2.03. The minimum atomic E-state index is 0.617. The maximum Gasteiger partial charge on any atom is 0.0534 e. The van der Waals surface area contributed by atoms with Crippen LogP contribution in [0, 0.1) is 0 Å². The van der Waals surface area contributed by atoms with Gasteiger partial charge in [-0.2, -0.15) is 5.10 Å². The lowest BCUT2D eigenvalue weighted by atomic mass is 10.2. The van der Waals surface area contributed by atoms with Gasteiger partial charge in [-0.15, -0.1) is 0 Å². The van der Waals surface area contributed by atoms with Crippen LogP contribution >= 0.6 is 0 Å². The standard InChI is InChI=1S/C12H24N4/c1-11(13-2)6-5-7-15(3)9-12-8-14-16(4)10-12/h8,10-11,13H,5-7,9H2,1-4H3. The van der Waals surface area contributed by atoms with Gasteiger partial charge in [0, 0.05) is 31.4 Å². The molecule has 0 saturated heterocycles. The number of nitrogens with one attached hydrogen (secondary N) is 1. The molecule has 0 aliphatic heterocycles. The Morgan fingerprint density at radius 3 is 2.88 bits per heavy atom. The third-order valence-corrected chi connectivity index (χ3v) is 2.88. The van der Waals surface area contributed by atoms with E-state index in [4.69, 9.17) is 0 Å². The molecule has 1 atom stereocenters. The first-order valence-corrected chi connectivity index (χ1v) is 5.95. The van der Waals surface area contributed by atoms with Crippen LogP contribution in [-0.4, -0.2) is 41.4 Å². The molecule has 0 amide bonds. The van der Waals surface area contributed by atoms with Gasteiger partial charge in [-0.3, -0.25) is 4.68 Å². The van der Waals surface area contributed by atoms with Crippen molar-refractivity contribution in [2.75, 3.05) is 20.6 Å². The summed E-state index contributed by atoms with van der Waals surface area (Å²) in [6.45, 7) is 4.35. The van der Waals surface area contributed by atoms with Crippen LogP contribution in [0.25, 0.3) is 0 Å². The van der Waals surface area contributed by atoms with E-state index in [9.17, 15) is 0 Å². The molecule has 4 heteroatoms. The molecule has 0 bridgehead atoms. The van der Waals surface area contributed by atoms with Gasteiger partial charge >= 0.3 is 0 Å². The summed E-state index contributed by atoms with van der Waals surface area (Å²) >= 11 is 0. The summed E-state index contributed by atoms with van der Waals surface area (Å²) in [6.07, 6.45) is 6.48. The third kappa shape index (κ3) is 4.77. The van der Waals surface area contributed by atoms with Gasteiger partial charge < -0.3 is 10.2 Å². The Kier molecular flexibility index (Phi) is 5.49. The maximum atomic E-state index is 4.17. The smallest absolute Gasteiger partial charge is 0.0534 e. The molecular weight excluding hydrogens is 200 g/mol. The predicted molar refractivity (Wildman–Crippen MR) is 67.3 cm³/mol. The quantitative estimate of drug-likeness (QED) is 0.756. The van der Waals surface area contributed by atoms with Gasteiger partial charge in [-0.25, -0.2) is 0 Å². The van der Waals surface area contributed by atoms with Crippen molar-refractivity contribution < 1.29 is 0 Å². The number of rotatable bonds is 7. The summed E-state index contributed by atoms with van der Waals surface area (Å²) < 4.78 is 1.85. The molecule has 1 rings (SSSR count). The van der Waals surface area contributed by atoms with Crippen molar-refractivity contribution in [2.24, 2.45) is 7.05 Å². The number of hydrogen-bond donors (Lipinski definition) is 1. The molecule has 0 aliphatic carbocycles. The third-order valence-electron chi connectivity index (χ3n) is 2.88. The van der Waals surface area contributed by atoms with Crippen molar-refractivity contribution in [1.82, 2.24) is 20.0 Å². The Labute approximate surface area is 98.6 Å². The predicted octanol–water partition coefficient (Wildman–Crippen LogP) is 1.24. The first-order valence-electron chi connectivity index (χ1n) is 5.95. The highest BCUT2D eigenvalue weighted by molar-refractivity contribution is 5.02. The van der Waals surface area contributed by atoms with Crippen molar-refractivity contribution >= 4 is 0 Å². The van der Waals surface area contributed by atoms with Gasteiger partial charge in [0.15, 0.2) is 0 Å². The Morgan fingerprint density at radius 1 is 1.56 bits per heavy atom. The van der Waals surface area contributed by atoms with Crippen LogP contribution in [-0.2, 0) is 13.6 Å². The second-order valence-electron chi connectivity index (χ2n) is 4.59. The van der Waals surface area contributed by atoms with Crippen LogP contribution in [0.2, 0.25) is 0 Å². The summed E-state index contributed by atoms with van der Waals surface area (Å²) in [7, 11) is 6.14. The summed E-state index contributed by atoms with van der Waals surface area (Å²) in [5, 5.41) is 7.43. The van der Waals surface area contributed by atoms with E-state index in [2.05, 4.69) is 35.5 Å². The van der Waals surface area contributed by atoms with Crippen LogP contribution in [0.4, 0.5) is 0 Å². The first kappa shape index (κ1) is 13.2. The van der Waals surface area contributed by atoms with Crippen LogP contribution in [0.3, 0.4) is 0 Å². The first-order chi connectivity index (χ1) is 7.61. The second-order valence-corrected chi connectivity index (χ2v) is 4.59. The van der Waals surface area contributed by atoms with E-state index < -0.39 is 0 Å². The van der Waals surface area contributed by atoms with E-state index in [0.717, 1.165) is 13.1 Å². The van der Waals surface area contributed by atoms with Crippen molar-refractivity contribution in [3.8, 4) is 0 Å². The van der Waals surface area contributed by atoms with Gasteiger partial charge in [0.05, 0.1) is 6.20 Å².